The van der Waals surface area contributed by atoms with E-state index < -0.39 is 9.84 Å². The average Bonchev–Trinajstić information content (AvgIpc) is 2.81. The summed E-state index contributed by atoms with van der Waals surface area (Å²) in [5.74, 6) is 0. The first-order valence-electron chi connectivity index (χ1n) is 4.69. The number of rotatable bonds is 3. The minimum absolute atomic E-state index is 0.321. The van der Waals surface area contributed by atoms with Crippen LogP contribution in [0.1, 0.15) is 5.56 Å². The summed E-state index contributed by atoms with van der Waals surface area (Å²) < 4.78 is 23.7. The van der Waals surface area contributed by atoms with E-state index in [4.69, 9.17) is 0 Å². The van der Waals surface area contributed by atoms with Gasteiger partial charge in [0.05, 0.1) is 4.90 Å². The van der Waals surface area contributed by atoms with Crippen molar-refractivity contribution in [3.05, 3.63) is 58.1 Å². The first-order valence-corrected chi connectivity index (χ1v) is 7.18. The maximum absolute atomic E-state index is 11.8. The molecule has 0 saturated carbocycles. The number of sulfone groups is 1. The summed E-state index contributed by atoms with van der Waals surface area (Å²) in [4.78, 5) is 0.321. The summed E-state index contributed by atoms with van der Waals surface area (Å²) in [6, 6.07) is 10.3. The molecule has 0 aliphatic heterocycles. The van der Waals surface area contributed by atoms with Crippen LogP contribution in [0.15, 0.2) is 57.5 Å². The molecular formula is C12H10O2S2. The van der Waals surface area contributed by atoms with Gasteiger partial charge in [-0.25, -0.2) is 8.42 Å². The lowest BCUT2D eigenvalue weighted by Gasteiger charge is -1.96. The van der Waals surface area contributed by atoms with E-state index >= 15 is 0 Å². The van der Waals surface area contributed by atoms with E-state index in [-0.39, 0.29) is 0 Å². The van der Waals surface area contributed by atoms with Crippen molar-refractivity contribution < 1.29 is 8.42 Å². The third-order valence-corrected chi connectivity index (χ3v) is 4.18. The van der Waals surface area contributed by atoms with Crippen molar-refractivity contribution in [2.24, 2.45) is 0 Å². The Hall–Kier alpha value is -1.39. The SMILES string of the molecule is O=S(=O)(/C=C/c1ccsc1)c1ccccc1. The standard InChI is InChI=1S/C12H10O2S2/c13-16(14,12-4-2-1-3-5-12)9-7-11-6-8-15-10-11/h1-10H/b9-7+. The third-order valence-electron chi connectivity index (χ3n) is 2.05. The number of benzene rings is 1. The molecular weight excluding hydrogens is 240 g/mol. The van der Waals surface area contributed by atoms with Crippen LogP contribution >= 0.6 is 11.3 Å². The molecule has 0 radical (unpaired) electrons. The van der Waals surface area contributed by atoms with Crippen LogP contribution in [-0.4, -0.2) is 8.42 Å². The van der Waals surface area contributed by atoms with E-state index in [1.54, 1.807) is 36.4 Å². The van der Waals surface area contributed by atoms with E-state index in [1.807, 2.05) is 16.8 Å². The number of hydrogen-bond acceptors (Lipinski definition) is 3. The molecule has 2 aromatic rings. The molecule has 4 heteroatoms. The van der Waals surface area contributed by atoms with E-state index in [9.17, 15) is 8.42 Å². The highest BCUT2D eigenvalue weighted by atomic mass is 32.2. The van der Waals surface area contributed by atoms with Crippen molar-refractivity contribution in [1.29, 1.82) is 0 Å². The maximum atomic E-state index is 11.8. The molecule has 1 aromatic heterocycles. The molecule has 0 spiro atoms. The molecule has 2 rings (SSSR count). The minimum atomic E-state index is -3.31. The predicted octanol–water partition coefficient (Wildman–Crippen LogP) is 3.19. The molecule has 0 aliphatic rings. The Morgan fingerprint density at radius 1 is 1.06 bits per heavy atom. The van der Waals surface area contributed by atoms with Crippen LogP contribution in [0.5, 0.6) is 0 Å². The van der Waals surface area contributed by atoms with Crippen molar-refractivity contribution in [3.8, 4) is 0 Å². The fourth-order valence-electron chi connectivity index (χ4n) is 1.23. The Labute approximate surface area is 98.8 Å². The normalized spacial score (nSPS) is 12.0. The smallest absolute Gasteiger partial charge is 0.199 e. The molecule has 0 bridgehead atoms. The van der Waals surface area contributed by atoms with Gasteiger partial charge in [-0.05, 0) is 40.6 Å². The summed E-state index contributed by atoms with van der Waals surface area (Å²) in [6.07, 6.45) is 1.61. The van der Waals surface area contributed by atoms with Crippen LogP contribution < -0.4 is 0 Å². The second-order valence-electron chi connectivity index (χ2n) is 3.22. The largest absolute Gasteiger partial charge is 0.219 e. The summed E-state index contributed by atoms with van der Waals surface area (Å²) >= 11 is 1.54. The van der Waals surface area contributed by atoms with Crippen LogP contribution in [0.2, 0.25) is 0 Å². The van der Waals surface area contributed by atoms with Gasteiger partial charge in [-0.2, -0.15) is 11.3 Å². The van der Waals surface area contributed by atoms with Crippen molar-refractivity contribution in [2.75, 3.05) is 0 Å². The van der Waals surface area contributed by atoms with E-state index in [2.05, 4.69) is 0 Å². The predicted molar refractivity (Wildman–Crippen MR) is 67.0 cm³/mol. The fraction of sp³-hybridized carbons (Fsp3) is 0. The van der Waals surface area contributed by atoms with E-state index in [0.29, 0.717) is 4.90 Å². The molecule has 0 unspecified atom stereocenters. The number of hydrogen-bond donors (Lipinski definition) is 0. The lowest BCUT2D eigenvalue weighted by atomic mass is 10.3. The van der Waals surface area contributed by atoms with Crippen molar-refractivity contribution >= 4 is 27.3 Å². The van der Waals surface area contributed by atoms with Gasteiger partial charge >= 0.3 is 0 Å². The zero-order valence-corrected chi connectivity index (χ0v) is 10.0. The van der Waals surface area contributed by atoms with Crippen LogP contribution in [0.25, 0.3) is 6.08 Å². The summed E-state index contributed by atoms with van der Waals surface area (Å²) in [5.41, 5.74) is 0.907. The van der Waals surface area contributed by atoms with E-state index in [0.717, 1.165) is 5.56 Å². The molecule has 0 fully saturated rings. The summed E-state index contributed by atoms with van der Waals surface area (Å²) in [7, 11) is -3.31. The quantitative estimate of drug-likeness (QED) is 0.838. The van der Waals surface area contributed by atoms with Crippen LogP contribution in [0.4, 0.5) is 0 Å². The molecule has 16 heavy (non-hydrogen) atoms. The molecule has 2 nitrogen and oxygen atoms in total. The topological polar surface area (TPSA) is 34.1 Å². The molecule has 0 aliphatic carbocycles. The van der Waals surface area contributed by atoms with Gasteiger partial charge < -0.3 is 0 Å². The molecule has 82 valence electrons. The van der Waals surface area contributed by atoms with Gasteiger partial charge in [-0.15, -0.1) is 0 Å². The van der Waals surface area contributed by atoms with Crippen LogP contribution in [-0.2, 0) is 9.84 Å². The molecule has 0 saturated heterocycles. The zero-order chi connectivity index (χ0) is 11.4. The molecule has 1 aromatic carbocycles. The first-order chi connectivity index (χ1) is 7.68. The molecule has 1 heterocycles. The maximum Gasteiger partial charge on any atom is 0.199 e. The molecule has 0 N–H and O–H groups in total. The Kier molecular flexibility index (Phi) is 3.22. The molecule has 0 atom stereocenters. The third kappa shape index (κ3) is 2.59. The van der Waals surface area contributed by atoms with Gasteiger partial charge in [0.1, 0.15) is 0 Å². The summed E-state index contributed by atoms with van der Waals surface area (Å²) in [6.45, 7) is 0. The van der Waals surface area contributed by atoms with Gasteiger partial charge in [0, 0.05) is 5.41 Å². The van der Waals surface area contributed by atoms with E-state index in [1.165, 1.54) is 16.7 Å². The Morgan fingerprint density at radius 2 is 1.81 bits per heavy atom. The molecule has 0 amide bonds. The Morgan fingerprint density at radius 3 is 2.44 bits per heavy atom. The lowest BCUT2D eigenvalue weighted by molar-refractivity contribution is 0.605. The highest BCUT2D eigenvalue weighted by molar-refractivity contribution is 7.94. The highest BCUT2D eigenvalue weighted by Crippen LogP contribution is 2.14. The monoisotopic (exact) mass is 250 g/mol. The minimum Gasteiger partial charge on any atom is -0.219 e. The number of thiophene rings is 1. The zero-order valence-electron chi connectivity index (χ0n) is 8.41. The Balaban J connectivity index is 2.28. The van der Waals surface area contributed by atoms with Crippen LogP contribution in [0.3, 0.4) is 0 Å². The van der Waals surface area contributed by atoms with Gasteiger partial charge in [0.2, 0.25) is 0 Å². The fourth-order valence-corrected chi connectivity index (χ4v) is 2.89. The van der Waals surface area contributed by atoms with Gasteiger partial charge in [-0.3, -0.25) is 0 Å². The first kappa shape index (κ1) is 11.1. The van der Waals surface area contributed by atoms with Crippen molar-refractivity contribution in [3.63, 3.8) is 0 Å². The lowest BCUT2D eigenvalue weighted by Crippen LogP contribution is -1.94. The van der Waals surface area contributed by atoms with Gasteiger partial charge in [-0.1, -0.05) is 18.2 Å². The second kappa shape index (κ2) is 4.63. The van der Waals surface area contributed by atoms with Crippen molar-refractivity contribution in [1.82, 2.24) is 0 Å². The van der Waals surface area contributed by atoms with Crippen molar-refractivity contribution in [2.45, 2.75) is 4.90 Å². The second-order valence-corrected chi connectivity index (χ2v) is 5.83. The van der Waals surface area contributed by atoms with Gasteiger partial charge in [0.15, 0.2) is 9.84 Å². The van der Waals surface area contributed by atoms with Crippen LogP contribution in [0, 0.1) is 0 Å². The highest BCUT2D eigenvalue weighted by Gasteiger charge is 2.08. The summed E-state index contributed by atoms with van der Waals surface area (Å²) in [5, 5.41) is 5.05. The van der Waals surface area contributed by atoms with Gasteiger partial charge in [0.25, 0.3) is 0 Å². The Bertz CT molecular complexity index is 567. The average molecular weight is 250 g/mol.